The van der Waals surface area contributed by atoms with Gasteiger partial charge in [-0.15, -0.1) is 12.8 Å². The Labute approximate surface area is 210 Å². The van der Waals surface area contributed by atoms with Gasteiger partial charge in [0.1, 0.15) is 42.8 Å². The van der Waals surface area contributed by atoms with Crippen molar-refractivity contribution in [1.82, 2.24) is 0 Å². The highest BCUT2D eigenvalue weighted by molar-refractivity contribution is 5.92. The number of esters is 1. The summed E-state index contributed by atoms with van der Waals surface area (Å²) < 4.78 is 22.9. The number of fused-ring (bicyclic) bond motifs is 2. The summed E-state index contributed by atoms with van der Waals surface area (Å²) in [6.45, 7) is 2.00. The van der Waals surface area contributed by atoms with E-state index in [-0.39, 0.29) is 25.7 Å². The van der Waals surface area contributed by atoms with E-state index in [4.69, 9.17) is 31.8 Å². The van der Waals surface area contributed by atoms with E-state index in [0.717, 1.165) is 16.7 Å². The lowest BCUT2D eigenvalue weighted by molar-refractivity contribution is 0.0249. The maximum atomic E-state index is 13.1. The van der Waals surface area contributed by atoms with Crippen molar-refractivity contribution in [1.29, 1.82) is 0 Å². The second kappa shape index (κ2) is 11.4. The van der Waals surface area contributed by atoms with Gasteiger partial charge in [0.15, 0.2) is 0 Å². The van der Waals surface area contributed by atoms with Crippen LogP contribution >= 0.6 is 0 Å². The third-order valence-corrected chi connectivity index (χ3v) is 5.83. The second-order valence-corrected chi connectivity index (χ2v) is 8.17. The fourth-order valence-electron chi connectivity index (χ4n) is 4.04. The van der Waals surface area contributed by atoms with E-state index in [1.54, 1.807) is 24.3 Å². The van der Waals surface area contributed by atoms with Gasteiger partial charge in [0.2, 0.25) is 0 Å². The molecular formula is C30H26O6. The molecule has 0 spiro atoms. The van der Waals surface area contributed by atoms with Gasteiger partial charge < -0.3 is 24.1 Å². The maximum Gasteiger partial charge on any atom is 0.338 e. The molecule has 1 heterocycles. The first-order valence-electron chi connectivity index (χ1n) is 11.6. The molecule has 0 fully saturated rings. The van der Waals surface area contributed by atoms with Crippen LogP contribution in [0.25, 0.3) is 0 Å². The highest BCUT2D eigenvalue weighted by atomic mass is 16.5. The van der Waals surface area contributed by atoms with Gasteiger partial charge in [-0.05, 0) is 30.2 Å². The first kappa shape index (κ1) is 24.7. The fraction of sp³-hybridized carbons (Fsp3) is 0.233. The topological polar surface area (TPSA) is 74.2 Å². The van der Waals surface area contributed by atoms with E-state index >= 15 is 0 Å². The lowest BCUT2D eigenvalue weighted by Crippen LogP contribution is -2.20. The lowest BCUT2D eigenvalue weighted by atomic mass is 9.80. The van der Waals surface area contributed by atoms with Crippen molar-refractivity contribution in [2.24, 2.45) is 0 Å². The molecule has 1 N–H and O–H groups in total. The molecule has 0 saturated heterocycles. The molecule has 0 aromatic heterocycles. The minimum Gasteiger partial charge on any atom is -0.481 e. The average molecular weight is 483 g/mol. The van der Waals surface area contributed by atoms with E-state index in [0.29, 0.717) is 35.0 Å². The number of hydrogen-bond donors (Lipinski definition) is 1. The van der Waals surface area contributed by atoms with E-state index in [2.05, 4.69) is 11.8 Å². The van der Waals surface area contributed by atoms with Gasteiger partial charge in [-0.25, -0.2) is 4.79 Å². The standard InChI is InChI=1S/C30H26O6/c1-4-15-33-21-11-13-25-27(17-21)36-28-18-22(34-16-5-2)12-14-26(28)29(25)23-9-7-8-10-24(23)30(32)35-19-20(31)6-3/h1-2,7-14,17-18,20,29,31H,6,15-16,19H2,3H3. The maximum absolute atomic E-state index is 13.1. The van der Waals surface area contributed by atoms with Crippen molar-refractivity contribution in [3.63, 3.8) is 0 Å². The molecule has 1 unspecified atom stereocenters. The quantitative estimate of drug-likeness (QED) is 0.270. The normalized spacial score (nSPS) is 12.7. The number of carbonyl (C=O) groups is 1. The van der Waals surface area contributed by atoms with Crippen molar-refractivity contribution in [2.45, 2.75) is 25.4 Å². The summed E-state index contributed by atoms with van der Waals surface area (Å²) in [5.41, 5.74) is 2.85. The third kappa shape index (κ3) is 5.30. The third-order valence-electron chi connectivity index (χ3n) is 5.83. The van der Waals surface area contributed by atoms with Gasteiger partial charge in [0.25, 0.3) is 0 Å². The summed E-state index contributed by atoms with van der Waals surface area (Å²) in [5.74, 6) is 6.33. The zero-order chi connectivity index (χ0) is 25.5. The van der Waals surface area contributed by atoms with E-state index in [1.807, 2.05) is 43.3 Å². The lowest BCUT2D eigenvalue weighted by Gasteiger charge is -2.30. The summed E-state index contributed by atoms with van der Waals surface area (Å²) in [7, 11) is 0. The molecule has 0 amide bonds. The van der Waals surface area contributed by atoms with Crippen LogP contribution in [0.1, 0.15) is 46.3 Å². The number of ether oxygens (including phenoxy) is 4. The molecule has 4 rings (SSSR count). The van der Waals surface area contributed by atoms with Crippen molar-refractivity contribution in [2.75, 3.05) is 19.8 Å². The predicted molar refractivity (Wildman–Crippen MR) is 136 cm³/mol. The van der Waals surface area contributed by atoms with Crippen molar-refractivity contribution < 1.29 is 28.8 Å². The SMILES string of the molecule is C#CCOc1ccc2c(c1)Oc1cc(OCC#C)ccc1C2c1ccccc1C(=O)OCC(O)CC. The van der Waals surface area contributed by atoms with Crippen molar-refractivity contribution in [3.8, 4) is 47.7 Å². The van der Waals surface area contributed by atoms with Gasteiger partial charge in [-0.1, -0.05) is 49.1 Å². The number of carbonyl (C=O) groups excluding carboxylic acids is 1. The van der Waals surface area contributed by atoms with Gasteiger partial charge in [-0.3, -0.25) is 0 Å². The van der Waals surface area contributed by atoms with Crippen LogP contribution in [0.3, 0.4) is 0 Å². The largest absolute Gasteiger partial charge is 0.481 e. The Morgan fingerprint density at radius 1 is 0.944 bits per heavy atom. The van der Waals surface area contributed by atoms with Crippen LogP contribution in [0.5, 0.6) is 23.0 Å². The van der Waals surface area contributed by atoms with E-state index in [9.17, 15) is 9.90 Å². The van der Waals surface area contributed by atoms with Crippen LogP contribution < -0.4 is 14.2 Å². The summed E-state index contributed by atoms with van der Waals surface area (Å²) >= 11 is 0. The Balaban J connectivity index is 1.80. The predicted octanol–water partition coefficient (Wildman–Crippen LogP) is 4.92. The Morgan fingerprint density at radius 2 is 1.53 bits per heavy atom. The molecule has 36 heavy (non-hydrogen) atoms. The number of aliphatic hydroxyl groups excluding tert-OH is 1. The number of terminal acetylenes is 2. The average Bonchev–Trinajstić information content (AvgIpc) is 2.91. The van der Waals surface area contributed by atoms with Gasteiger partial charge >= 0.3 is 5.97 Å². The second-order valence-electron chi connectivity index (χ2n) is 8.17. The Kier molecular flexibility index (Phi) is 7.80. The van der Waals surface area contributed by atoms with Crippen LogP contribution in [0.4, 0.5) is 0 Å². The zero-order valence-corrected chi connectivity index (χ0v) is 19.9. The van der Waals surface area contributed by atoms with Crippen LogP contribution in [-0.2, 0) is 4.74 Å². The molecule has 1 aliphatic heterocycles. The summed E-state index contributed by atoms with van der Waals surface area (Å²) in [6, 6.07) is 18.3. The van der Waals surface area contributed by atoms with Crippen LogP contribution in [0, 0.1) is 24.7 Å². The molecule has 3 aromatic carbocycles. The molecule has 0 saturated carbocycles. The smallest absolute Gasteiger partial charge is 0.338 e. The van der Waals surface area contributed by atoms with Gasteiger partial charge in [0.05, 0.1) is 11.7 Å². The number of hydrogen-bond acceptors (Lipinski definition) is 6. The number of benzene rings is 3. The van der Waals surface area contributed by atoms with Crippen molar-refractivity contribution >= 4 is 5.97 Å². The molecule has 0 radical (unpaired) electrons. The Hall–Kier alpha value is -4.39. The molecule has 3 aromatic rings. The zero-order valence-electron chi connectivity index (χ0n) is 19.9. The molecular weight excluding hydrogens is 456 g/mol. The molecule has 1 aliphatic rings. The van der Waals surface area contributed by atoms with E-state index < -0.39 is 12.1 Å². The van der Waals surface area contributed by atoms with Crippen LogP contribution in [0.15, 0.2) is 60.7 Å². The molecule has 0 bridgehead atoms. The van der Waals surface area contributed by atoms with Gasteiger partial charge in [-0.2, -0.15) is 0 Å². The highest BCUT2D eigenvalue weighted by Gasteiger charge is 2.32. The Morgan fingerprint density at radius 3 is 2.08 bits per heavy atom. The van der Waals surface area contributed by atoms with E-state index in [1.165, 1.54) is 0 Å². The van der Waals surface area contributed by atoms with Crippen molar-refractivity contribution in [3.05, 3.63) is 82.9 Å². The minimum absolute atomic E-state index is 0.0730. The summed E-state index contributed by atoms with van der Waals surface area (Å²) in [6.07, 6.45) is 10.4. The summed E-state index contributed by atoms with van der Waals surface area (Å²) in [4.78, 5) is 13.1. The Bertz CT molecular complexity index is 1260. The molecule has 1 atom stereocenters. The monoisotopic (exact) mass is 482 g/mol. The van der Waals surface area contributed by atoms with Crippen LogP contribution in [-0.4, -0.2) is 37.0 Å². The first-order valence-corrected chi connectivity index (χ1v) is 11.6. The van der Waals surface area contributed by atoms with Gasteiger partial charge in [0, 0.05) is 29.2 Å². The van der Waals surface area contributed by atoms with Crippen LogP contribution in [0.2, 0.25) is 0 Å². The first-order chi connectivity index (χ1) is 17.5. The molecule has 6 nitrogen and oxygen atoms in total. The highest BCUT2D eigenvalue weighted by Crippen LogP contribution is 2.49. The molecule has 0 aliphatic carbocycles. The number of rotatable bonds is 9. The molecule has 182 valence electrons. The summed E-state index contributed by atoms with van der Waals surface area (Å²) in [5, 5.41) is 9.87. The molecule has 6 heteroatoms. The number of aliphatic hydroxyl groups is 1. The fourth-order valence-corrected chi connectivity index (χ4v) is 4.04. The minimum atomic E-state index is -0.714.